The Morgan fingerprint density at radius 3 is 2.62 bits per heavy atom. The van der Waals surface area contributed by atoms with Crippen LogP contribution in [0.15, 0.2) is 64.5 Å². The summed E-state index contributed by atoms with van der Waals surface area (Å²) < 4.78 is 28.8. The van der Waals surface area contributed by atoms with Crippen molar-refractivity contribution in [1.29, 1.82) is 0 Å². The van der Waals surface area contributed by atoms with E-state index in [4.69, 9.17) is 0 Å². The molecule has 1 saturated carbocycles. The van der Waals surface area contributed by atoms with E-state index in [1.807, 2.05) is 30.3 Å². The second kappa shape index (κ2) is 7.94. The molecular formula is C20H22N4O4S. The van der Waals surface area contributed by atoms with E-state index in [-0.39, 0.29) is 10.5 Å². The van der Waals surface area contributed by atoms with Gasteiger partial charge in [0.25, 0.3) is 5.56 Å². The first-order valence-corrected chi connectivity index (χ1v) is 10.9. The zero-order valence-electron chi connectivity index (χ0n) is 15.7. The number of rotatable bonds is 6. The molecule has 1 aromatic carbocycles. The quantitative estimate of drug-likeness (QED) is 0.563. The van der Waals surface area contributed by atoms with E-state index in [9.17, 15) is 18.3 Å². The first kappa shape index (κ1) is 19.6. The molecule has 152 valence electrons. The molecule has 0 saturated heterocycles. The van der Waals surface area contributed by atoms with Gasteiger partial charge in [-0.2, -0.15) is 0 Å². The smallest absolute Gasteiger partial charge is 0.276 e. The number of benzene rings is 1. The molecule has 2 atom stereocenters. The second-order valence-electron chi connectivity index (χ2n) is 7.18. The zero-order valence-corrected chi connectivity index (χ0v) is 16.5. The third-order valence-corrected chi connectivity index (χ3v) is 6.60. The highest BCUT2D eigenvalue weighted by molar-refractivity contribution is 7.89. The van der Waals surface area contributed by atoms with Crippen molar-refractivity contribution in [3.63, 3.8) is 0 Å². The van der Waals surface area contributed by atoms with Crippen molar-refractivity contribution >= 4 is 10.0 Å². The van der Waals surface area contributed by atoms with Gasteiger partial charge in [0, 0.05) is 30.4 Å². The summed E-state index contributed by atoms with van der Waals surface area (Å²) >= 11 is 0. The lowest BCUT2D eigenvalue weighted by Crippen LogP contribution is -2.39. The van der Waals surface area contributed by atoms with Crippen LogP contribution < -0.4 is 10.3 Å². The van der Waals surface area contributed by atoms with E-state index >= 15 is 0 Å². The summed E-state index contributed by atoms with van der Waals surface area (Å²) in [4.78, 5) is 16.8. The number of H-pyrrole nitrogens is 1. The molecule has 0 amide bonds. The van der Waals surface area contributed by atoms with E-state index in [1.165, 1.54) is 23.0 Å². The van der Waals surface area contributed by atoms with Crippen LogP contribution in [0.2, 0.25) is 0 Å². The van der Waals surface area contributed by atoms with Crippen LogP contribution in [-0.4, -0.2) is 40.4 Å². The Morgan fingerprint density at radius 2 is 1.97 bits per heavy atom. The molecule has 2 aromatic heterocycles. The maximum absolute atomic E-state index is 12.7. The number of nitrogens with zero attached hydrogens (tertiary/aromatic N) is 2. The van der Waals surface area contributed by atoms with Crippen molar-refractivity contribution in [3.05, 3.63) is 76.3 Å². The number of aromatic amines is 1. The minimum Gasteiger partial charge on any atom is -0.391 e. The van der Waals surface area contributed by atoms with Crippen molar-refractivity contribution in [2.45, 2.75) is 42.7 Å². The van der Waals surface area contributed by atoms with Gasteiger partial charge in [-0.1, -0.05) is 30.3 Å². The minimum absolute atomic E-state index is 0.00976. The molecule has 3 N–H and O–H groups in total. The number of sulfonamides is 1. The van der Waals surface area contributed by atoms with Crippen molar-refractivity contribution in [2.75, 3.05) is 0 Å². The van der Waals surface area contributed by atoms with Gasteiger partial charge in [0.15, 0.2) is 5.82 Å². The number of aliphatic hydroxyl groups excluding tert-OH is 1. The standard InChI is InChI=1S/C20H22N4O4S/c25-18-8-4-7-17(18)23-29(27,28)16-9-10-19(21-13-16)24-20(26)15(12-22-24)11-14-5-2-1-3-6-14/h1-3,5-6,9-10,12-13,17-18,22-23,25H,4,7-8,11H2/t17-,18-/m0/s1. The molecule has 3 aromatic rings. The predicted octanol–water partition coefficient (Wildman–Crippen LogP) is 1.34. The minimum atomic E-state index is -3.79. The van der Waals surface area contributed by atoms with Crippen molar-refractivity contribution in [3.8, 4) is 5.82 Å². The highest BCUT2D eigenvalue weighted by atomic mass is 32.2. The van der Waals surface area contributed by atoms with Crippen LogP contribution in [0, 0.1) is 0 Å². The Hall–Kier alpha value is -2.75. The van der Waals surface area contributed by atoms with E-state index in [0.29, 0.717) is 30.6 Å². The molecule has 1 aliphatic rings. The maximum Gasteiger partial charge on any atom is 0.276 e. The third kappa shape index (κ3) is 4.16. The Balaban J connectivity index is 1.53. The van der Waals surface area contributed by atoms with Crippen molar-refractivity contribution in [2.24, 2.45) is 0 Å². The molecule has 0 unspecified atom stereocenters. The molecule has 4 rings (SSSR count). The third-order valence-electron chi connectivity index (χ3n) is 5.13. The second-order valence-corrected chi connectivity index (χ2v) is 8.89. The van der Waals surface area contributed by atoms with Crippen LogP contribution in [0.4, 0.5) is 0 Å². The summed E-state index contributed by atoms with van der Waals surface area (Å²) in [7, 11) is -3.79. The largest absolute Gasteiger partial charge is 0.391 e. The lowest BCUT2D eigenvalue weighted by atomic mass is 10.1. The van der Waals surface area contributed by atoms with Gasteiger partial charge in [0.05, 0.1) is 6.10 Å². The fraction of sp³-hybridized carbons (Fsp3) is 0.300. The molecule has 2 heterocycles. The van der Waals surface area contributed by atoms with E-state index in [2.05, 4.69) is 14.8 Å². The molecule has 0 radical (unpaired) electrons. The summed E-state index contributed by atoms with van der Waals surface area (Å²) in [5.74, 6) is 0.300. The molecular weight excluding hydrogens is 392 g/mol. The summed E-state index contributed by atoms with van der Waals surface area (Å²) in [6, 6.07) is 12.0. The molecule has 9 heteroatoms. The summed E-state index contributed by atoms with van der Waals surface area (Å²) in [5, 5.41) is 12.7. The van der Waals surface area contributed by atoms with Gasteiger partial charge in [-0.25, -0.2) is 22.8 Å². The van der Waals surface area contributed by atoms with Gasteiger partial charge in [-0.3, -0.25) is 9.89 Å². The normalized spacial score (nSPS) is 19.5. The highest BCUT2D eigenvalue weighted by Crippen LogP contribution is 2.21. The van der Waals surface area contributed by atoms with Gasteiger partial charge in [-0.05, 0) is 37.0 Å². The fourth-order valence-corrected chi connectivity index (χ4v) is 4.78. The maximum atomic E-state index is 12.7. The Bertz CT molecular complexity index is 1140. The molecule has 0 aliphatic heterocycles. The van der Waals surface area contributed by atoms with Crippen molar-refractivity contribution < 1.29 is 13.5 Å². The zero-order chi connectivity index (χ0) is 20.4. The number of hydrogen-bond donors (Lipinski definition) is 3. The van der Waals surface area contributed by atoms with Gasteiger partial charge in [-0.15, -0.1) is 0 Å². The van der Waals surface area contributed by atoms with Gasteiger partial charge < -0.3 is 5.11 Å². The first-order chi connectivity index (χ1) is 13.9. The van der Waals surface area contributed by atoms with Crippen LogP contribution in [-0.2, 0) is 16.4 Å². The van der Waals surface area contributed by atoms with E-state index in [1.54, 1.807) is 6.20 Å². The molecule has 1 fully saturated rings. The molecule has 1 aliphatic carbocycles. The monoisotopic (exact) mass is 414 g/mol. The number of hydrogen-bond acceptors (Lipinski definition) is 5. The van der Waals surface area contributed by atoms with Crippen LogP contribution in [0.3, 0.4) is 0 Å². The molecule has 8 nitrogen and oxygen atoms in total. The average molecular weight is 414 g/mol. The lowest BCUT2D eigenvalue weighted by molar-refractivity contribution is 0.159. The SMILES string of the molecule is O=c1c(Cc2ccccc2)c[nH]n1-c1ccc(S(=O)(=O)N[C@H]2CCC[C@@H]2O)cn1. The van der Waals surface area contributed by atoms with E-state index < -0.39 is 22.2 Å². The summed E-state index contributed by atoms with van der Waals surface area (Å²) in [6.45, 7) is 0. The van der Waals surface area contributed by atoms with E-state index in [0.717, 1.165) is 12.0 Å². The fourth-order valence-electron chi connectivity index (χ4n) is 3.53. The average Bonchev–Trinajstić information content (AvgIpc) is 3.28. The Labute approximate surface area is 168 Å². The van der Waals surface area contributed by atoms with Gasteiger partial charge in [0.2, 0.25) is 10.0 Å². The van der Waals surface area contributed by atoms with Gasteiger partial charge in [0.1, 0.15) is 4.90 Å². The number of pyridine rings is 1. The number of aliphatic hydroxyl groups is 1. The number of aromatic nitrogens is 3. The Morgan fingerprint density at radius 1 is 1.17 bits per heavy atom. The summed E-state index contributed by atoms with van der Waals surface area (Å²) in [5.41, 5.74) is 1.38. The van der Waals surface area contributed by atoms with Crippen LogP contribution in [0.25, 0.3) is 5.82 Å². The first-order valence-electron chi connectivity index (χ1n) is 9.44. The van der Waals surface area contributed by atoms with Crippen LogP contribution >= 0.6 is 0 Å². The van der Waals surface area contributed by atoms with Gasteiger partial charge >= 0.3 is 0 Å². The lowest BCUT2D eigenvalue weighted by Gasteiger charge is -2.16. The number of nitrogens with one attached hydrogen (secondary N) is 2. The molecule has 29 heavy (non-hydrogen) atoms. The molecule has 0 bridgehead atoms. The van der Waals surface area contributed by atoms with Crippen molar-refractivity contribution in [1.82, 2.24) is 19.5 Å². The van der Waals surface area contributed by atoms with Crippen LogP contribution in [0.1, 0.15) is 30.4 Å². The highest BCUT2D eigenvalue weighted by Gasteiger charge is 2.30. The topological polar surface area (TPSA) is 117 Å². The van der Waals surface area contributed by atoms with Crippen LogP contribution in [0.5, 0.6) is 0 Å². The summed E-state index contributed by atoms with van der Waals surface area (Å²) in [6.07, 6.45) is 4.64. The molecule has 0 spiro atoms. The Kier molecular flexibility index (Phi) is 5.35. The predicted molar refractivity (Wildman–Crippen MR) is 107 cm³/mol.